The third-order valence-electron chi connectivity index (χ3n) is 3.25. The first-order chi connectivity index (χ1) is 11.3. The second kappa shape index (κ2) is 7.80. The molecule has 0 aliphatic carbocycles. The van der Waals surface area contributed by atoms with Gasteiger partial charge in [-0.05, 0) is 26.0 Å². The van der Waals surface area contributed by atoms with Gasteiger partial charge in [-0.1, -0.05) is 29.5 Å². The number of rotatable bonds is 7. The van der Waals surface area contributed by atoms with Crippen molar-refractivity contribution in [2.75, 3.05) is 12.4 Å². The summed E-state index contributed by atoms with van der Waals surface area (Å²) in [6.07, 6.45) is 0. The summed E-state index contributed by atoms with van der Waals surface area (Å²) in [6, 6.07) is 6.67. The molecule has 0 N–H and O–H groups in total. The molecule has 7 nitrogen and oxygen atoms in total. The highest BCUT2D eigenvalue weighted by atomic mass is 32.2. The molecular weight excluding hydrogens is 350 g/mol. The number of benzene rings is 1. The third kappa shape index (κ3) is 4.57. The van der Waals surface area contributed by atoms with E-state index in [1.54, 1.807) is 42.8 Å². The molecule has 1 aromatic heterocycles. The fraction of sp³-hybridized carbons (Fsp3) is 0.400. The molecule has 1 heterocycles. The second-order valence-corrected chi connectivity index (χ2v) is 8.06. The highest BCUT2D eigenvalue weighted by Crippen LogP contribution is 2.20. The Hall–Kier alpha value is -1.87. The van der Waals surface area contributed by atoms with Gasteiger partial charge in [0, 0.05) is 7.05 Å². The van der Waals surface area contributed by atoms with Crippen LogP contribution in [0, 0.1) is 6.92 Å². The molecule has 0 unspecified atom stereocenters. The molecule has 130 valence electrons. The van der Waals surface area contributed by atoms with Crippen molar-refractivity contribution in [1.29, 1.82) is 0 Å². The lowest BCUT2D eigenvalue weighted by molar-refractivity contribution is -0.139. The van der Waals surface area contributed by atoms with Gasteiger partial charge in [0.1, 0.15) is 11.6 Å². The van der Waals surface area contributed by atoms with Gasteiger partial charge in [0.2, 0.25) is 0 Å². The van der Waals surface area contributed by atoms with Gasteiger partial charge < -0.3 is 9.30 Å². The van der Waals surface area contributed by atoms with Gasteiger partial charge in [-0.15, -0.1) is 10.2 Å². The van der Waals surface area contributed by atoms with E-state index in [4.69, 9.17) is 4.74 Å². The van der Waals surface area contributed by atoms with Gasteiger partial charge in [0.15, 0.2) is 15.0 Å². The summed E-state index contributed by atoms with van der Waals surface area (Å²) >= 11 is 1.16. The Kier molecular flexibility index (Phi) is 6.00. The number of aryl methyl sites for hydroxylation is 1. The van der Waals surface area contributed by atoms with Gasteiger partial charge in [-0.2, -0.15) is 0 Å². The average molecular weight is 369 g/mol. The molecule has 9 heteroatoms. The molecule has 2 aromatic rings. The van der Waals surface area contributed by atoms with Gasteiger partial charge >= 0.3 is 5.97 Å². The molecule has 0 amide bonds. The molecule has 0 bridgehead atoms. The molecule has 0 aliphatic rings. The summed E-state index contributed by atoms with van der Waals surface area (Å²) in [4.78, 5) is 11.6. The van der Waals surface area contributed by atoms with Crippen LogP contribution < -0.4 is 0 Å². The largest absolute Gasteiger partial charge is 0.465 e. The minimum absolute atomic E-state index is 0.102. The number of hydrogen-bond donors (Lipinski definition) is 0. The van der Waals surface area contributed by atoms with Crippen molar-refractivity contribution < 1.29 is 17.9 Å². The van der Waals surface area contributed by atoms with Crippen LogP contribution in [0.2, 0.25) is 0 Å². The molecule has 1 aromatic carbocycles. The summed E-state index contributed by atoms with van der Waals surface area (Å²) in [5.41, 5.74) is 0.991. The van der Waals surface area contributed by atoms with Gasteiger partial charge in [0.05, 0.1) is 17.3 Å². The smallest absolute Gasteiger partial charge is 0.316 e. The first kappa shape index (κ1) is 18.5. The Morgan fingerprint density at radius 2 is 1.92 bits per heavy atom. The van der Waals surface area contributed by atoms with E-state index in [9.17, 15) is 13.2 Å². The monoisotopic (exact) mass is 369 g/mol. The van der Waals surface area contributed by atoms with E-state index in [-0.39, 0.29) is 22.4 Å². The fourth-order valence-corrected chi connectivity index (χ4v) is 3.96. The Morgan fingerprint density at radius 1 is 1.25 bits per heavy atom. The van der Waals surface area contributed by atoms with Crippen LogP contribution in [0.3, 0.4) is 0 Å². The number of nitrogens with zero attached hydrogens (tertiary/aromatic N) is 3. The van der Waals surface area contributed by atoms with E-state index < -0.39 is 9.84 Å². The van der Waals surface area contributed by atoms with Crippen molar-refractivity contribution in [3.63, 3.8) is 0 Å². The van der Waals surface area contributed by atoms with Crippen LogP contribution in [0.1, 0.15) is 18.3 Å². The van der Waals surface area contributed by atoms with Crippen molar-refractivity contribution in [2.45, 2.75) is 29.7 Å². The van der Waals surface area contributed by atoms with Crippen LogP contribution >= 0.6 is 11.8 Å². The summed E-state index contributed by atoms with van der Waals surface area (Å²) in [6.45, 7) is 3.95. The topological polar surface area (TPSA) is 91.2 Å². The summed E-state index contributed by atoms with van der Waals surface area (Å²) in [5, 5.41) is 8.34. The van der Waals surface area contributed by atoms with E-state index in [0.29, 0.717) is 17.6 Å². The number of esters is 1. The zero-order chi connectivity index (χ0) is 17.7. The number of sulfone groups is 1. The van der Waals surface area contributed by atoms with Crippen molar-refractivity contribution in [2.24, 2.45) is 7.05 Å². The highest BCUT2D eigenvalue weighted by molar-refractivity contribution is 7.99. The lowest BCUT2D eigenvalue weighted by atomic mass is 10.2. The van der Waals surface area contributed by atoms with Crippen LogP contribution in [0.15, 0.2) is 34.3 Å². The Bertz CT molecular complexity index is 814. The molecule has 0 saturated carbocycles. The Labute approximate surface area is 145 Å². The van der Waals surface area contributed by atoms with Crippen LogP contribution in [0.5, 0.6) is 0 Å². The summed E-state index contributed by atoms with van der Waals surface area (Å²) < 4.78 is 31.4. The number of ether oxygens (including phenoxy) is 1. The van der Waals surface area contributed by atoms with Crippen molar-refractivity contribution >= 4 is 27.6 Å². The highest BCUT2D eigenvalue weighted by Gasteiger charge is 2.20. The number of hydrogen-bond acceptors (Lipinski definition) is 7. The maximum atomic E-state index is 12.5. The van der Waals surface area contributed by atoms with E-state index in [1.165, 1.54) is 0 Å². The van der Waals surface area contributed by atoms with Crippen molar-refractivity contribution in [1.82, 2.24) is 14.8 Å². The van der Waals surface area contributed by atoms with E-state index in [0.717, 1.165) is 17.3 Å². The van der Waals surface area contributed by atoms with E-state index in [1.807, 2.05) is 6.92 Å². The normalized spacial score (nSPS) is 11.5. The Balaban J connectivity index is 2.10. The lowest BCUT2D eigenvalue weighted by Crippen LogP contribution is -2.10. The minimum atomic E-state index is -3.50. The standard InChI is InChI=1S/C15H19N3O4S2/c1-4-22-14(19)9-23-15-17-16-13(18(15)3)10-24(20,21)12-7-5-11(2)6-8-12/h5-8H,4,9-10H2,1-3H3. The zero-order valence-electron chi connectivity index (χ0n) is 13.7. The Morgan fingerprint density at radius 3 is 2.54 bits per heavy atom. The lowest BCUT2D eigenvalue weighted by Gasteiger charge is -2.06. The average Bonchev–Trinajstić information content (AvgIpc) is 2.86. The first-order valence-corrected chi connectivity index (χ1v) is 9.93. The number of carbonyl (C=O) groups excluding carboxylic acids is 1. The first-order valence-electron chi connectivity index (χ1n) is 7.29. The predicted octanol–water partition coefficient (Wildman–Crippen LogP) is 1.75. The van der Waals surface area contributed by atoms with Crippen molar-refractivity contribution in [3.05, 3.63) is 35.7 Å². The molecule has 0 aliphatic heterocycles. The maximum absolute atomic E-state index is 12.5. The SMILES string of the molecule is CCOC(=O)CSc1nnc(CS(=O)(=O)c2ccc(C)cc2)n1C. The van der Waals surface area contributed by atoms with E-state index >= 15 is 0 Å². The molecule has 2 rings (SSSR count). The van der Waals surface area contributed by atoms with Gasteiger partial charge in [-0.25, -0.2) is 8.42 Å². The molecule has 0 fully saturated rings. The molecular formula is C15H19N3O4S2. The summed E-state index contributed by atoms with van der Waals surface area (Å²) in [7, 11) is -1.83. The molecule has 0 atom stereocenters. The van der Waals surface area contributed by atoms with Crippen LogP contribution in [-0.2, 0) is 32.2 Å². The van der Waals surface area contributed by atoms with Gasteiger partial charge in [-0.3, -0.25) is 4.79 Å². The zero-order valence-corrected chi connectivity index (χ0v) is 15.4. The molecule has 0 saturated heterocycles. The number of aromatic nitrogens is 3. The van der Waals surface area contributed by atoms with Crippen LogP contribution in [0.25, 0.3) is 0 Å². The quantitative estimate of drug-likeness (QED) is 0.542. The molecule has 0 radical (unpaired) electrons. The second-order valence-electron chi connectivity index (χ2n) is 5.12. The van der Waals surface area contributed by atoms with E-state index in [2.05, 4.69) is 10.2 Å². The number of thioether (sulfide) groups is 1. The van der Waals surface area contributed by atoms with Crippen molar-refractivity contribution in [3.8, 4) is 0 Å². The maximum Gasteiger partial charge on any atom is 0.316 e. The van der Waals surface area contributed by atoms with Crippen LogP contribution in [-0.4, -0.2) is 41.5 Å². The van der Waals surface area contributed by atoms with Crippen LogP contribution in [0.4, 0.5) is 0 Å². The molecule has 0 spiro atoms. The molecule has 24 heavy (non-hydrogen) atoms. The minimum Gasteiger partial charge on any atom is -0.465 e. The predicted molar refractivity (Wildman–Crippen MR) is 90.4 cm³/mol. The number of carbonyl (C=O) groups is 1. The summed E-state index contributed by atoms with van der Waals surface area (Å²) in [5.74, 6) is -0.175. The fourth-order valence-electron chi connectivity index (χ4n) is 1.92. The third-order valence-corrected chi connectivity index (χ3v) is 5.87. The van der Waals surface area contributed by atoms with Gasteiger partial charge in [0.25, 0.3) is 0 Å².